The average molecular weight is 548 g/mol. The summed E-state index contributed by atoms with van der Waals surface area (Å²) >= 11 is 9.35. The van der Waals surface area contributed by atoms with Crippen LogP contribution in [0, 0.1) is 5.82 Å². The van der Waals surface area contributed by atoms with Crippen molar-refractivity contribution < 1.29 is 23.5 Å². The Hall–Kier alpha value is -3.76. The maximum Gasteiger partial charge on any atom is 0.329 e. The number of hydrogen-bond acceptors (Lipinski definition) is 5. The van der Waals surface area contributed by atoms with E-state index in [0.717, 1.165) is 12.1 Å². The highest BCUT2D eigenvalue weighted by molar-refractivity contribution is 9.10. The van der Waals surface area contributed by atoms with E-state index in [-0.39, 0.29) is 12.3 Å². The van der Waals surface area contributed by atoms with Gasteiger partial charge < -0.3 is 15.4 Å². The minimum absolute atomic E-state index is 0.253. The Kier molecular flexibility index (Phi) is 8.72. The van der Waals surface area contributed by atoms with Crippen LogP contribution in [0.5, 0.6) is 5.75 Å². The third-order valence-corrected chi connectivity index (χ3v) is 4.98. The third-order valence-electron chi connectivity index (χ3n) is 4.16. The first kappa shape index (κ1) is 24.9. The predicted octanol–water partition coefficient (Wildman–Crippen LogP) is 4.35. The lowest BCUT2D eigenvalue weighted by atomic mass is 10.2. The molecule has 0 aliphatic rings. The van der Waals surface area contributed by atoms with Crippen LogP contribution in [0.4, 0.5) is 15.8 Å². The summed E-state index contributed by atoms with van der Waals surface area (Å²) in [5, 5.41) is 9.12. The Bertz CT molecular complexity index is 1240. The molecule has 3 aromatic rings. The lowest BCUT2D eigenvalue weighted by Gasteiger charge is -2.11. The van der Waals surface area contributed by atoms with Crippen LogP contribution < -0.4 is 20.8 Å². The number of nitrogens with zero attached hydrogens (tertiary/aromatic N) is 1. The van der Waals surface area contributed by atoms with Gasteiger partial charge in [0.1, 0.15) is 11.6 Å². The fourth-order valence-corrected chi connectivity index (χ4v) is 3.14. The number of hydrogen-bond donors (Lipinski definition) is 3. The Morgan fingerprint density at radius 2 is 1.74 bits per heavy atom. The smallest absolute Gasteiger partial charge is 0.329 e. The highest BCUT2D eigenvalue weighted by Crippen LogP contribution is 2.23. The van der Waals surface area contributed by atoms with E-state index in [1.165, 1.54) is 18.3 Å². The van der Waals surface area contributed by atoms with Crippen LogP contribution in [0.25, 0.3) is 0 Å². The summed E-state index contributed by atoms with van der Waals surface area (Å²) in [5.41, 5.74) is 3.23. The molecule has 3 N–H and O–H groups in total. The van der Waals surface area contributed by atoms with Gasteiger partial charge in [-0.3, -0.25) is 14.4 Å². The van der Waals surface area contributed by atoms with E-state index >= 15 is 0 Å². The zero-order valence-corrected chi connectivity index (χ0v) is 19.7. The predicted molar refractivity (Wildman–Crippen MR) is 130 cm³/mol. The Balaban J connectivity index is 1.57. The fourth-order valence-electron chi connectivity index (χ4n) is 2.58. The van der Waals surface area contributed by atoms with Gasteiger partial charge in [-0.2, -0.15) is 5.10 Å². The van der Waals surface area contributed by atoms with E-state index in [2.05, 4.69) is 37.1 Å². The summed E-state index contributed by atoms with van der Waals surface area (Å²) in [6.07, 6.45) is 1.26. The molecule has 174 valence electrons. The number of ether oxygens (including phenoxy) is 1. The van der Waals surface area contributed by atoms with Crippen molar-refractivity contribution in [2.45, 2.75) is 0 Å². The second-order valence-electron chi connectivity index (χ2n) is 6.66. The molecule has 0 radical (unpaired) electrons. The molecule has 3 aromatic carbocycles. The van der Waals surface area contributed by atoms with Gasteiger partial charge in [0, 0.05) is 15.7 Å². The van der Waals surface area contributed by atoms with Gasteiger partial charge in [0.2, 0.25) is 0 Å². The number of anilines is 2. The molecule has 0 unspecified atom stereocenters. The molecule has 0 saturated heterocycles. The van der Waals surface area contributed by atoms with Crippen molar-refractivity contribution in [3.05, 3.63) is 87.6 Å². The van der Waals surface area contributed by atoms with Crippen LogP contribution in [0.15, 0.2) is 76.3 Å². The van der Waals surface area contributed by atoms with Gasteiger partial charge in [0.15, 0.2) is 6.61 Å². The normalized spacial score (nSPS) is 10.6. The second kappa shape index (κ2) is 11.9. The summed E-state index contributed by atoms with van der Waals surface area (Å²) in [7, 11) is 0. The molecule has 0 atom stereocenters. The zero-order chi connectivity index (χ0) is 24.5. The molecule has 0 spiro atoms. The minimum atomic E-state index is -1.03. The van der Waals surface area contributed by atoms with Crippen molar-refractivity contribution >= 4 is 62.8 Å². The van der Waals surface area contributed by atoms with Crippen LogP contribution in [0.2, 0.25) is 5.02 Å². The van der Waals surface area contributed by atoms with Gasteiger partial charge in [0.25, 0.3) is 5.91 Å². The van der Waals surface area contributed by atoms with Crippen molar-refractivity contribution in [2.75, 3.05) is 17.2 Å². The number of rotatable bonds is 7. The topological polar surface area (TPSA) is 109 Å². The van der Waals surface area contributed by atoms with E-state index in [4.69, 9.17) is 16.3 Å². The van der Waals surface area contributed by atoms with Crippen molar-refractivity contribution in [1.82, 2.24) is 5.43 Å². The summed E-state index contributed by atoms with van der Waals surface area (Å²) in [4.78, 5) is 36.1. The van der Waals surface area contributed by atoms with Crippen LogP contribution in [-0.4, -0.2) is 30.5 Å². The molecule has 0 bridgehead atoms. The largest absolute Gasteiger partial charge is 0.483 e. The van der Waals surface area contributed by atoms with E-state index in [1.807, 2.05) is 0 Å². The number of halogens is 3. The highest BCUT2D eigenvalue weighted by Gasteiger charge is 2.13. The van der Waals surface area contributed by atoms with Gasteiger partial charge in [0.05, 0.1) is 16.9 Å². The molecule has 34 heavy (non-hydrogen) atoms. The lowest BCUT2D eigenvalue weighted by Crippen LogP contribution is -2.32. The van der Waals surface area contributed by atoms with Crippen molar-refractivity contribution in [1.29, 1.82) is 0 Å². The molecule has 0 aliphatic carbocycles. The van der Waals surface area contributed by atoms with Gasteiger partial charge in [-0.05, 0) is 54.6 Å². The number of para-hydroxylation sites is 1. The zero-order valence-electron chi connectivity index (χ0n) is 17.3. The standard InChI is InChI=1S/C23H17BrClFN4O4/c24-15-5-10-20(34-13-21(31)29-19-4-2-1-3-18(19)25)14(11-15)12-27-30-23(33)22(32)28-17-8-6-16(26)7-9-17/h1-12H,13H2,(H,28,32)(H,29,31)(H,30,33)/b27-12-. The lowest BCUT2D eigenvalue weighted by molar-refractivity contribution is -0.136. The summed E-state index contributed by atoms with van der Waals surface area (Å²) < 4.78 is 19.2. The first-order valence-electron chi connectivity index (χ1n) is 9.68. The first-order chi connectivity index (χ1) is 16.3. The molecule has 0 aromatic heterocycles. The molecule has 3 amide bonds. The van der Waals surface area contributed by atoms with Crippen LogP contribution in [0.1, 0.15) is 5.56 Å². The van der Waals surface area contributed by atoms with E-state index in [0.29, 0.717) is 26.5 Å². The Morgan fingerprint density at radius 3 is 2.47 bits per heavy atom. The molecule has 0 fully saturated rings. The molecule has 8 nitrogen and oxygen atoms in total. The van der Waals surface area contributed by atoms with E-state index < -0.39 is 23.5 Å². The molecule has 0 aliphatic heterocycles. The Morgan fingerprint density at radius 1 is 1.00 bits per heavy atom. The highest BCUT2D eigenvalue weighted by atomic mass is 79.9. The SMILES string of the molecule is O=C(COc1ccc(Br)cc1/C=N\NC(=O)C(=O)Nc1ccc(F)cc1)Nc1ccccc1Cl. The number of carbonyl (C=O) groups excluding carboxylic acids is 3. The minimum Gasteiger partial charge on any atom is -0.483 e. The molecule has 0 saturated carbocycles. The van der Waals surface area contributed by atoms with Gasteiger partial charge in [-0.25, -0.2) is 9.82 Å². The first-order valence-corrected chi connectivity index (χ1v) is 10.9. The number of hydrazone groups is 1. The number of benzene rings is 3. The Labute approximate surface area is 207 Å². The molecular weight excluding hydrogens is 531 g/mol. The third kappa shape index (κ3) is 7.39. The molecular formula is C23H17BrClFN4O4. The maximum atomic E-state index is 12.9. The van der Waals surface area contributed by atoms with Gasteiger partial charge in [-0.15, -0.1) is 0 Å². The number of nitrogens with one attached hydrogen (secondary N) is 3. The maximum absolute atomic E-state index is 12.9. The summed E-state index contributed by atoms with van der Waals surface area (Å²) in [5.74, 6) is -2.60. The fraction of sp³-hybridized carbons (Fsp3) is 0.0435. The number of carbonyl (C=O) groups is 3. The molecule has 0 heterocycles. The monoisotopic (exact) mass is 546 g/mol. The van der Waals surface area contributed by atoms with Crippen LogP contribution >= 0.6 is 27.5 Å². The van der Waals surface area contributed by atoms with Crippen LogP contribution in [-0.2, 0) is 14.4 Å². The number of amides is 3. The van der Waals surface area contributed by atoms with Gasteiger partial charge in [-0.1, -0.05) is 39.7 Å². The summed E-state index contributed by atoms with van der Waals surface area (Å²) in [6, 6.07) is 16.7. The second-order valence-corrected chi connectivity index (χ2v) is 7.98. The van der Waals surface area contributed by atoms with Crippen molar-refractivity contribution in [2.24, 2.45) is 5.10 Å². The van der Waals surface area contributed by atoms with Gasteiger partial charge >= 0.3 is 11.8 Å². The average Bonchev–Trinajstić information content (AvgIpc) is 2.81. The van der Waals surface area contributed by atoms with E-state index in [9.17, 15) is 18.8 Å². The van der Waals surface area contributed by atoms with Crippen molar-refractivity contribution in [3.63, 3.8) is 0 Å². The quantitative estimate of drug-likeness (QED) is 0.232. The molecule has 3 rings (SSSR count). The van der Waals surface area contributed by atoms with Crippen molar-refractivity contribution in [3.8, 4) is 5.75 Å². The van der Waals surface area contributed by atoms with Crippen LogP contribution in [0.3, 0.4) is 0 Å². The summed E-state index contributed by atoms with van der Waals surface area (Å²) in [6.45, 7) is -0.305. The molecule has 11 heteroatoms. The van der Waals surface area contributed by atoms with E-state index in [1.54, 1.807) is 42.5 Å².